The van der Waals surface area contributed by atoms with Gasteiger partial charge in [0.05, 0.1) is 5.56 Å². The monoisotopic (exact) mass is 261 g/mol. The predicted octanol–water partition coefficient (Wildman–Crippen LogP) is 3.90. The summed E-state index contributed by atoms with van der Waals surface area (Å²) in [6, 6.07) is 4.31. The van der Waals surface area contributed by atoms with Crippen LogP contribution in [0.25, 0.3) is 0 Å². The zero-order valence-electron chi connectivity index (χ0n) is 11.4. The molecule has 1 amide bonds. The summed E-state index contributed by atoms with van der Waals surface area (Å²) in [5.41, 5.74) is 2.61. The molecule has 100 valence electrons. The Labute approximate surface area is 111 Å². The van der Waals surface area contributed by atoms with E-state index in [2.05, 4.69) is 5.32 Å². The molecule has 0 radical (unpaired) electrons. The normalized spacial score (nSPS) is 10.6. The highest BCUT2D eigenvalue weighted by Gasteiger charge is 2.19. The van der Waals surface area contributed by atoms with Crippen LogP contribution in [0.5, 0.6) is 0 Å². The van der Waals surface area contributed by atoms with Gasteiger partial charge in [0.25, 0.3) is 5.91 Å². The molecule has 0 fully saturated rings. The number of anilines is 1. The van der Waals surface area contributed by atoms with Crippen molar-refractivity contribution in [3.63, 3.8) is 0 Å². The Morgan fingerprint density at radius 3 is 2.42 bits per heavy atom. The number of hydrogen-bond acceptors (Lipinski definition) is 2. The first-order chi connectivity index (χ1) is 8.90. The van der Waals surface area contributed by atoms with Gasteiger partial charge in [-0.15, -0.1) is 0 Å². The zero-order valence-corrected chi connectivity index (χ0v) is 11.4. The van der Waals surface area contributed by atoms with Gasteiger partial charge in [-0.25, -0.2) is 4.39 Å². The summed E-state index contributed by atoms with van der Waals surface area (Å²) in [6.45, 7) is 7.20. The van der Waals surface area contributed by atoms with E-state index in [0.717, 1.165) is 16.9 Å². The SMILES string of the molecule is Cc1ccc(F)cc1NC(=O)c1c(C)oc(C)c1C. The molecule has 0 unspecified atom stereocenters. The molecule has 1 aromatic heterocycles. The van der Waals surface area contributed by atoms with Gasteiger partial charge in [-0.2, -0.15) is 0 Å². The third-order valence-corrected chi connectivity index (χ3v) is 3.24. The van der Waals surface area contributed by atoms with E-state index in [1.54, 1.807) is 13.0 Å². The van der Waals surface area contributed by atoms with Gasteiger partial charge in [0, 0.05) is 11.3 Å². The highest BCUT2D eigenvalue weighted by molar-refractivity contribution is 6.06. The fourth-order valence-corrected chi connectivity index (χ4v) is 2.04. The van der Waals surface area contributed by atoms with E-state index in [1.165, 1.54) is 12.1 Å². The minimum absolute atomic E-state index is 0.277. The Hall–Kier alpha value is -2.10. The van der Waals surface area contributed by atoms with E-state index in [9.17, 15) is 9.18 Å². The molecule has 1 aromatic carbocycles. The van der Waals surface area contributed by atoms with Gasteiger partial charge in [0.2, 0.25) is 0 Å². The fraction of sp³-hybridized carbons (Fsp3) is 0.267. The van der Waals surface area contributed by atoms with E-state index < -0.39 is 0 Å². The van der Waals surface area contributed by atoms with Gasteiger partial charge < -0.3 is 9.73 Å². The van der Waals surface area contributed by atoms with Crippen LogP contribution in [0.2, 0.25) is 0 Å². The van der Waals surface area contributed by atoms with Crippen LogP contribution < -0.4 is 5.32 Å². The Morgan fingerprint density at radius 2 is 1.84 bits per heavy atom. The molecular weight excluding hydrogens is 245 g/mol. The van der Waals surface area contributed by atoms with Crippen LogP contribution in [0.4, 0.5) is 10.1 Å². The molecule has 0 saturated carbocycles. The first-order valence-electron chi connectivity index (χ1n) is 6.04. The van der Waals surface area contributed by atoms with Crippen LogP contribution in [0, 0.1) is 33.5 Å². The van der Waals surface area contributed by atoms with Crippen LogP contribution in [0.1, 0.15) is 33.0 Å². The lowest BCUT2D eigenvalue weighted by Crippen LogP contribution is -2.14. The maximum absolute atomic E-state index is 13.2. The number of benzene rings is 1. The lowest BCUT2D eigenvalue weighted by atomic mass is 10.1. The molecule has 2 rings (SSSR count). The first kappa shape index (κ1) is 13.3. The summed E-state index contributed by atoms with van der Waals surface area (Å²) in [5, 5.41) is 2.72. The summed E-state index contributed by atoms with van der Waals surface area (Å²) in [7, 11) is 0. The van der Waals surface area contributed by atoms with Crippen LogP contribution in [-0.4, -0.2) is 5.91 Å². The number of halogens is 1. The highest BCUT2D eigenvalue weighted by atomic mass is 19.1. The van der Waals surface area contributed by atoms with Crippen molar-refractivity contribution < 1.29 is 13.6 Å². The summed E-state index contributed by atoms with van der Waals surface area (Å²) in [6.07, 6.45) is 0. The number of carbonyl (C=O) groups is 1. The van der Waals surface area contributed by atoms with E-state index in [-0.39, 0.29) is 11.7 Å². The second kappa shape index (κ2) is 4.88. The largest absolute Gasteiger partial charge is 0.466 e. The molecule has 2 aromatic rings. The molecule has 19 heavy (non-hydrogen) atoms. The predicted molar refractivity (Wildman–Crippen MR) is 72.0 cm³/mol. The number of amides is 1. The first-order valence-corrected chi connectivity index (χ1v) is 6.04. The molecule has 0 aliphatic rings. The number of hydrogen-bond donors (Lipinski definition) is 1. The van der Waals surface area contributed by atoms with Crippen LogP contribution in [0.15, 0.2) is 22.6 Å². The van der Waals surface area contributed by atoms with Crippen molar-refractivity contribution in [2.45, 2.75) is 27.7 Å². The molecule has 1 N–H and O–H groups in total. The molecule has 3 nitrogen and oxygen atoms in total. The van der Waals surface area contributed by atoms with E-state index in [4.69, 9.17) is 4.42 Å². The quantitative estimate of drug-likeness (QED) is 0.890. The number of carbonyl (C=O) groups excluding carboxylic acids is 1. The van der Waals surface area contributed by atoms with E-state index >= 15 is 0 Å². The maximum Gasteiger partial charge on any atom is 0.259 e. The van der Waals surface area contributed by atoms with Crippen molar-refractivity contribution in [3.05, 3.63) is 52.2 Å². The van der Waals surface area contributed by atoms with Crippen LogP contribution in [-0.2, 0) is 0 Å². The van der Waals surface area contributed by atoms with Crippen LogP contribution >= 0.6 is 0 Å². The van der Waals surface area contributed by atoms with Gasteiger partial charge in [0.1, 0.15) is 17.3 Å². The maximum atomic E-state index is 13.2. The average molecular weight is 261 g/mol. The number of furan rings is 1. The minimum atomic E-state index is -0.377. The van der Waals surface area contributed by atoms with Crippen molar-refractivity contribution in [1.29, 1.82) is 0 Å². The second-order valence-corrected chi connectivity index (χ2v) is 4.63. The smallest absolute Gasteiger partial charge is 0.259 e. The molecule has 0 saturated heterocycles. The summed E-state index contributed by atoms with van der Waals surface area (Å²) >= 11 is 0. The van der Waals surface area contributed by atoms with Crippen molar-refractivity contribution in [1.82, 2.24) is 0 Å². The van der Waals surface area contributed by atoms with E-state index in [1.807, 2.05) is 20.8 Å². The Balaban J connectivity index is 2.33. The molecule has 4 heteroatoms. The zero-order chi connectivity index (χ0) is 14.2. The van der Waals surface area contributed by atoms with Gasteiger partial charge in [-0.1, -0.05) is 6.07 Å². The van der Waals surface area contributed by atoms with Gasteiger partial charge in [-0.3, -0.25) is 4.79 Å². The third kappa shape index (κ3) is 2.52. The number of nitrogens with one attached hydrogen (secondary N) is 1. The summed E-state index contributed by atoms with van der Waals surface area (Å²) < 4.78 is 18.6. The van der Waals surface area contributed by atoms with E-state index in [0.29, 0.717) is 17.0 Å². The molecule has 1 heterocycles. The Bertz CT molecular complexity index is 644. The lowest BCUT2D eigenvalue weighted by molar-refractivity contribution is 0.102. The Morgan fingerprint density at radius 1 is 1.16 bits per heavy atom. The minimum Gasteiger partial charge on any atom is -0.466 e. The van der Waals surface area contributed by atoms with Crippen molar-refractivity contribution in [2.24, 2.45) is 0 Å². The molecule has 0 bridgehead atoms. The average Bonchev–Trinajstić information content (AvgIpc) is 2.58. The highest BCUT2D eigenvalue weighted by Crippen LogP contribution is 2.23. The lowest BCUT2D eigenvalue weighted by Gasteiger charge is -2.08. The Kier molecular flexibility index (Phi) is 3.42. The van der Waals surface area contributed by atoms with Gasteiger partial charge >= 0.3 is 0 Å². The molecule has 0 atom stereocenters. The third-order valence-electron chi connectivity index (χ3n) is 3.24. The molecule has 0 aliphatic heterocycles. The molecule has 0 aliphatic carbocycles. The summed E-state index contributed by atoms with van der Waals surface area (Å²) in [4.78, 5) is 12.2. The number of rotatable bonds is 2. The van der Waals surface area contributed by atoms with Crippen molar-refractivity contribution >= 4 is 11.6 Å². The van der Waals surface area contributed by atoms with Crippen molar-refractivity contribution in [3.8, 4) is 0 Å². The fourth-order valence-electron chi connectivity index (χ4n) is 2.04. The number of aryl methyl sites for hydroxylation is 3. The van der Waals surface area contributed by atoms with Gasteiger partial charge in [0.15, 0.2) is 0 Å². The van der Waals surface area contributed by atoms with Gasteiger partial charge in [-0.05, 0) is 45.4 Å². The second-order valence-electron chi connectivity index (χ2n) is 4.63. The molecule has 0 spiro atoms. The standard InChI is InChI=1S/C15H16FNO2/c1-8-5-6-12(16)7-13(8)17-15(18)14-9(2)10(3)19-11(14)4/h5-7H,1-4H3,(H,17,18). The topological polar surface area (TPSA) is 42.2 Å². The van der Waals surface area contributed by atoms with Crippen LogP contribution in [0.3, 0.4) is 0 Å². The molecular formula is C15H16FNO2. The van der Waals surface area contributed by atoms with Crippen molar-refractivity contribution in [2.75, 3.05) is 5.32 Å². The summed E-state index contributed by atoms with van der Waals surface area (Å²) in [5.74, 6) is 0.637.